The first-order chi connectivity index (χ1) is 16.9. The number of ether oxygens (including phenoxy) is 1. The molecule has 3 aromatic rings. The van der Waals surface area contributed by atoms with Crippen LogP contribution < -0.4 is 4.74 Å². The van der Waals surface area contributed by atoms with Gasteiger partial charge in [-0.05, 0) is 78.8 Å². The van der Waals surface area contributed by atoms with Gasteiger partial charge >= 0.3 is 5.97 Å². The molecule has 1 fully saturated rings. The molecule has 0 atom stereocenters. The molecule has 3 aromatic carbocycles. The highest BCUT2D eigenvalue weighted by molar-refractivity contribution is 5.91. The van der Waals surface area contributed by atoms with Gasteiger partial charge in [0, 0.05) is 11.6 Å². The molecule has 1 saturated carbocycles. The topological polar surface area (TPSA) is 26.3 Å². The predicted octanol–water partition coefficient (Wildman–Crippen LogP) is 8.63. The monoisotopic (exact) mass is 480 g/mol. The molecule has 0 aliphatic heterocycles. The number of hydrogen-bond donors (Lipinski definition) is 0. The summed E-state index contributed by atoms with van der Waals surface area (Å²) in [5, 5.41) is 0. The van der Waals surface area contributed by atoms with E-state index in [-0.39, 0.29) is 22.8 Å². The van der Waals surface area contributed by atoms with Gasteiger partial charge in [0.15, 0.2) is 11.6 Å². The van der Waals surface area contributed by atoms with Crippen LogP contribution in [-0.2, 0) is 6.42 Å². The van der Waals surface area contributed by atoms with E-state index in [1.807, 2.05) is 6.92 Å². The Balaban J connectivity index is 1.46. The molecule has 4 rings (SSSR count). The lowest BCUT2D eigenvalue weighted by atomic mass is 9.77. The first-order valence-corrected chi connectivity index (χ1v) is 12.5. The fourth-order valence-electron chi connectivity index (χ4n) is 5.10. The lowest BCUT2D eigenvalue weighted by Crippen LogP contribution is -2.15. The van der Waals surface area contributed by atoms with Gasteiger partial charge in [0.25, 0.3) is 0 Å². The third-order valence-corrected chi connectivity index (χ3v) is 7.14. The van der Waals surface area contributed by atoms with Crippen molar-refractivity contribution >= 4 is 5.97 Å². The van der Waals surface area contributed by atoms with Gasteiger partial charge in [-0.3, -0.25) is 0 Å². The summed E-state index contributed by atoms with van der Waals surface area (Å²) in [5.74, 6) is -1.85. The fraction of sp³-hybridized carbons (Fsp3) is 0.367. The molecule has 0 spiro atoms. The molecular formula is C30H31F3O2. The molecule has 0 amide bonds. The zero-order valence-electron chi connectivity index (χ0n) is 20.3. The van der Waals surface area contributed by atoms with Crippen LogP contribution in [0.5, 0.6) is 5.75 Å². The van der Waals surface area contributed by atoms with Gasteiger partial charge in [0.05, 0.1) is 5.56 Å². The summed E-state index contributed by atoms with van der Waals surface area (Å²) in [6, 6.07) is 13.7. The number of aryl methyl sites for hydroxylation is 1. The molecule has 0 N–H and O–H groups in total. The number of hydrogen-bond acceptors (Lipinski definition) is 2. The van der Waals surface area contributed by atoms with Crippen molar-refractivity contribution in [2.45, 2.75) is 64.7 Å². The second-order valence-corrected chi connectivity index (χ2v) is 9.41. The van der Waals surface area contributed by atoms with E-state index >= 15 is 8.78 Å². The normalized spacial score (nSPS) is 17.9. The van der Waals surface area contributed by atoms with Crippen LogP contribution in [0.1, 0.15) is 79.8 Å². The van der Waals surface area contributed by atoms with Crippen molar-refractivity contribution in [3.63, 3.8) is 0 Å². The van der Waals surface area contributed by atoms with E-state index in [0.717, 1.165) is 32.1 Å². The molecule has 184 valence electrons. The second-order valence-electron chi connectivity index (χ2n) is 9.41. The van der Waals surface area contributed by atoms with Crippen molar-refractivity contribution in [1.29, 1.82) is 0 Å². The minimum Gasteiger partial charge on any atom is -0.423 e. The lowest BCUT2D eigenvalue weighted by molar-refractivity contribution is 0.0734. The number of carbonyl (C=O) groups excluding carboxylic acids is 1. The predicted molar refractivity (Wildman–Crippen MR) is 132 cm³/mol. The smallest absolute Gasteiger partial charge is 0.343 e. The Bertz CT molecular complexity index is 1180. The molecule has 5 heteroatoms. The summed E-state index contributed by atoms with van der Waals surface area (Å²) in [6.07, 6.45) is 6.81. The summed E-state index contributed by atoms with van der Waals surface area (Å²) in [6.45, 7) is 4.02. The summed E-state index contributed by atoms with van der Waals surface area (Å²) >= 11 is 0. The largest absolute Gasteiger partial charge is 0.423 e. The highest BCUT2D eigenvalue weighted by Gasteiger charge is 2.26. The Hall–Kier alpha value is -3.08. The van der Waals surface area contributed by atoms with E-state index in [4.69, 9.17) is 4.74 Å². The summed E-state index contributed by atoms with van der Waals surface area (Å²) in [4.78, 5) is 12.5. The quantitative estimate of drug-likeness (QED) is 0.250. The molecular weight excluding hydrogens is 449 g/mol. The van der Waals surface area contributed by atoms with Crippen LogP contribution in [0.25, 0.3) is 11.1 Å². The Morgan fingerprint density at radius 3 is 2.23 bits per heavy atom. The molecule has 0 heterocycles. The van der Waals surface area contributed by atoms with Crippen LogP contribution in [0, 0.1) is 23.4 Å². The summed E-state index contributed by atoms with van der Waals surface area (Å²) in [5.41, 5.74) is 1.86. The lowest BCUT2D eigenvalue weighted by Gasteiger charge is -2.29. The van der Waals surface area contributed by atoms with Crippen LogP contribution in [0.4, 0.5) is 13.2 Å². The SMILES string of the molecule is CCCC1CCC(c2ccc(-c3ccc(C(=O)Oc4ccc(CC)c(F)c4)cc3)c(F)c2F)CC1. The second kappa shape index (κ2) is 11.1. The van der Waals surface area contributed by atoms with Crippen LogP contribution in [0.2, 0.25) is 0 Å². The van der Waals surface area contributed by atoms with Gasteiger partial charge in [-0.1, -0.05) is 57.0 Å². The molecule has 1 aliphatic rings. The molecule has 1 aliphatic carbocycles. The van der Waals surface area contributed by atoms with E-state index in [2.05, 4.69) is 6.92 Å². The van der Waals surface area contributed by atoms with E-state index in [1.54, 1.807) is 36.4 Å². The van der Waals surface area contributed by atoms with Crippen LogP contribution >= 0.6 is 0 Å². The molecule has 0 unspecified atom stereocenters. The molecule has 2 nitrogen and oxygen atoms in total. The van der Waals surface area contributed by atoms with Gasteiger partial charge in [-0.2, -0.15) is 0 Å². The molecule has 0 radical (unpaired) electrons. The van der Waals surface area contributed by atoms with Gasteiger partial charge in [-0.15, -0.1) is 0 Å². The van der Waals surface area contributed by atoms with E-state index < -0.39 is 23.4 Å². The molecule has 35 heavy (non-hydrogen) atoms. The van der Waals surface area contributed by atoms with Crippen molar-refractivity contribution in [2.24, 2.45) is 5.92 Å². The fourth-order valence-corrected chi connectivity index (χ4v) is 5.10. The third-order valence-electron chi connectivity index (χ3n) is 7.14. The zero-order chi connectivity index (χ0) is 24.9. The number of rotatable bonds is 7. The molecule has 0 saturated heterocycles. The maximum absolute atomic E-state index is 15.0. The van der Waals surface area contributed by atoms with Crippen molar-refractivity contribution in [3.05, 3.63) is 88.7 Å². The highest BCUT2D eigenvalue weighted by Crippen LogP contribution is 2.40. The summed E-state index contributed by atoms with van der Waals surface area (Å²) < 4.78 is 49.3. The van der Waals surface area contributed by atoms with Gasteiger partial charge in [-0.25, -0.2) is 18.0 Å². The van der Waals surface area contributed by atoms with Gasteiger partial charge in [0.2, 0.25) is 0 Å². The van der Waals surface area contributed by atoms with Crippen LogP contribution in [0.15, 0.2) is 54.6 Å². The van der Waals surface area contributed by atoms with Gasteiger partial charge in [0.1, 0.15) is 11.6 Å². The number of carbonyl (C=O) groups is 1. The van der Waals surface area contributed by atoms with Crippen LogP contribution in [-0.4, -0.2) is 5.97 Å². The van der Waals surface area contributed by atoms with Crippen molar-refractivity contribution in [2.75, 3.05) is 0 Å². The first kappa shape index (κ1) is 25.0. The number of esters is 1. The summed E-state index contributed by atoms with van der Waals surface area (Å²) in [7, 11) is 0. The van der Waals surface area contributed by atoms with E-state index in [1.165, 1.54) is 24.6 Å². The Kier molecular flexibility index (Phi) is 7.94. The first-order valence-electron chi connectivity index (χ1n) is 12.5. The average molecular weight is 481 g/mol. The van der Waals surface area contributed by atoms with Crippen molar-refractivity contribution in [3.8, 4) is 16.9 Å². The average Bonchev–Trinajstić information content (AvgIpc) is 2.87. The Morgan fingerprint density at radius 2 is 1.60 bits per heavy atom. The Labute approximate surface area is 205 Å². The highest BCUT2D eigenvalue weighted by atomic mass is 19.2. The number of halogens is 3. The van der Waals surface area contributed by atoms with E-state index in [9.17, 15) is 9.18 Å². The Morgan fingerprint density at radius 1 is 0.886 bits per heavy atom. The van der Waals surface area contributed by atoms with Crippen molar-refractivity contribution in [1.82, 2.24) is 0 Å². The molecule has 0 bridgehead atoms. The van der Waals surface area contributed by atoms with Crippen LogP contribution in [0.3, 0.4) is 0 Å². The van der Waals surface area contributed by atoms with E-state index in [0.29, 0.717) is 29.0 Å². The molecule has 0 aromatic heterocycles. The standard InChI is InChI=1S/C30H31F3O2/c1-3-5-19-6-8-21(9-7-19)25-16-17-26(29(33)28(25)32)22-10-12-23(13-11-22)30(34)35-24-15-14-20(4-2)27(31)18-24/h10-19,21H,3-9H2,1-2H3. The maximum Gasteiger partial charge on any atom is 0.343 e. The van der Waals surface area contributed by atoms with Gasteiger partial charge < -0.3 is 4.74 Å². The minimum absolute atomic E-state index is 0.0556. The third kappa shape index (κ3) is 5.61. The zero-order valence-corrected chi connectivity index (χ0v) is 20.3. The minimum atomic E-state index is -0.861. The van der Waals surface area contributed by atoms with Crippen molar-refractivity contribution < 1.29 is 22.7 Å². The maximum atomic E-state index is 15.0. The number of benzene rings is 3.